The Balaban J connectivity index is 3.01. The molecule has 0 aliphatic carbocycles. The van der Waals surface area contributed by atoms with Crippen LogP contribution < -0.4 is 5.73 Å². The van der Waals surface area contributed by atoms with Gasteiger partial charge in [0.1, 0.15) is 6.54 Å². The highest BCUT2D eigenvalue weighted by molar-refractivity contribution is 6.01. The predicted molar refractivity (Wildman–Crippen MR) is 66.6 cm³/mol. The topological polar surface area (TPSA) is 78.9 Å². The number of hydrogen-bond donors (Lipinski definition) is 2. The van der Waals surface area contributed by atoms with Gasteiger partial charge in [-0.25, -0.2) is 0 Å². The molecule has 1 aromatic rings. The number of halogens is 3. The molecule has 3 N–H and O–H groups in total. The molecule has 0 atom stereocenters. The molecule has 8 heteroatoms. The second-order valence-electron chi connectivity index (χ2n) is 4.00. The lowest BCUT2D eigenvalue weighted by atomic mass is 10.1. The van der Waals surface area contributed by atoms with E-state index in [-0.39, 0.29) is 23.5 Å². The van der Waals surface area contributed by atoms with Gasteiger partial charge in [0, 0.05) is 17.7 Å². The van der Waals surface area contributed by atoms with E-state index in [1.807, 2.05) is 0 Å². The quantitative estimate of drug-likeness (QED) is 0.384. The van der Waals surface area contributed by atoms with Crippen LogP contribution >= 0.6 is 0 Å². The summed E-state index contributed by atoms with van der Waals surface area (Å²) in [7, 11) is 0. The van der Waals surface area contributed by atoms with Crippen LogP contribution in [-0.2, 0) is 0 Å². The van der Waals surface area contributed by atoms with Gasteiger partial charge in [0.25, 0.3) is 5.91 Å². The smallest absolute Gasteiger partial charge is 0.406 e. The number of amidine groups is 1. The van der Waals surface area contributed by atoms with Crippen molar-refractivity contribution in [3.05, 3.63) is 35.4 Å². The maximum atomic E-state index is 12.4. The lowest BCUT2D eigenvalue weighted by Gasteiger charge is -2.22. The number of alkyl halides is 3. The van der Waals surface area contributed by atoms with Gasteiger partial charge in [-0.2, -0.15) is 13.2 Å². The number of amides is 1. The van der Waals surface area contributed by atoms with Gasteiger partial charge in [0.2, 0.25) is 0 Å². The van der Waals surface area contributed by atoms with Crippen molar-refractivity contribution in [2.45, 2.75) is 13.1 Å². The Labute approximate surface area is 113 Å². The fraction of sp³-hybridized carbons (Fsp3) is 0.333. The maximum absolute atomic E-state index is 12.4. The highest BCUT2D eigenvalue weighted by Crippen LogP contribution is 2.18. The molecule has 0 fully saturated rings. The Bertz CT molecular complexity index is 515. The van der Waals surface area contributed by atoms with E-state index < -0.39 is 18.6 Å². The van der Waals surface area contributed by atoms with Crippen LogP contribution in [0, 0.1) is 0 Å². The fourth-order valence-corrected chi connectivity index (χ4v) is 1.60. The van der Waals surface area contributed by atoms with Crippen LogP contribution in [0.25, 0.3) is 0 Å². The van der Waals surface area contributed by atoms with Crippen molar-refractivity contribution in [2.24, 2.45) is 10.9 Å². The van der Waals surface area contributed by atoms with Gasteiger partial charge in [-0.3, -0.25) is 4.79 Å². The number of nitrogens with zero attached hydrogens (tertiary/aromatic N) is 2. The first-order valence-electron chi connectivity index (χ1n) is 5.72. The third kappa shape index (κ3) is 4.15. The third-order valence-electron chi connectivity index (χ3n) is 2.55. The van der Waals surface area contributed by atoms with Gasteiger partial charge in [-0.05, 0) is 19.1 Å². The first-order valence-corrected chi connectivity index (χ1v) is 5.72. The molecule has 110 valence electrons. The number of rotatable bonds is 4. The minimum Gasteiger partial charge on any atom is -0.409 e. The summed E-state index contributed by atoms with van der Waals surface area (Å²) < 4.78 is 37.1. The van der Waals surface area contributed by atoms with E-state index in [0.29, 0.717) is 4.90 Å². The molecule has 0 saturated heterocycles. The average molecular weight is 289 g/mol. The standard InChI is InChI=1S/C12H14F3N3O2/c1-2-18(7-12(13,14)15)11(19)9-5-3-4-8(6-9)10(16)17-20/h3-6,20H,2,7H2,1H3,(H2,16,17). The van der Waals surface area contributed by atoms with Gasteiger partial charge in [0.15, 0.2) is 5.84 Å². The van der Waals surface area contributed by atoms with E-state index in [1.165, 1.54) is 31.2 Å². The van der Waals surface area contributed by atoms with Crippen LogP contribution in [0.1, 0.15) is 22.8 Å². The summed E-state index contributed by atoms with van der Waals surface area (Å²) in [6.07, 6.45) is -4.46. The molecule has 0 saturated carbocycles. The van der Waals surface area contributed by atoms with Crippen LogP contribution in [0.2, 0.25) is 0 Å². The zero-order valence-electron chi connectivity index (χ0n) is 10.7. The molecule has 0 aromatic heterocycles. The minimum absolute atomic E-state index is 0.0419. The summed E-state index contributed by atoms with van der Waals surface area (Å²) in [5, 5.41) is 11.3. The molecule has 0 radical (unpaired) electrons. The fourth-order valence-electron chi connectivity index (χ4n) is 1.60. The number of benzene rings is 1. The van der Waals surface area contributed by atoms with Crippen LogP contribution in [-0.4, -0.2) is 41.1 Å². The number of oxime groups is 1. The van der Waals surface area contributed by atoms with Crippen molar-refractivity contribution < 1.29 is 23.2 Å². The Kier molecular flexibility index (Phi) is 4.95. The van der Waals surface area contributed by atoms with Crippen molar-refractivity contribution in [1.82, 2.24) is 4.90 Å². The van der Waals surface area contributed by atoms with Crippen molar-refractivity contribution in [1.29, 1.82) is 0 Å². The van der Waals surface area contributed by atoms with E-state index in [1.54, 1.807) is 0 Å². The molecule has 1 rings (SSSR count). The molecule has 5 nitrogen and oxygen atoms in total. The number of carbonyl (C=O) groups is 1. The van der Waals surface area contributed by atoms with Gasteiger partial charge in [0.05, 0.1) is 0 Å². The molecule has 0 bridgehead atoms. The van der Waals surface area contributed by atoms with Gasteiger partial charge in [-0.1, -0.05) is 17.3 Å². The summed E-state index contributed by atoms with van der Waals surface area (Å²) in [5.41, 5.74) is 5.66. The maximum Gasteiger partial charge on any atom is 0.406 e. The van der Waals surface area contributed by atoms with Crippen LogP contribution in [0.4, 0.5) is 13.2 Å². The summed E-state index contributed by atoms with van der Waals surface area (Å²) in [5.74, 6) is -0.990. The zero-order chi connectivity index (χ0) is 15.3. The van der Waals surface area contributed by atoms with E-state index in [4.69, 9.17) is 10.9 Å². The van der Waals surface area contributed by atoms with Gasteiger partial charge in [-0.15, -0.1) is 0 Å². The number of hydrogen-bond acceptors (Lipinski definition) is 3. The lowest BCUT2D eigenvalue weighted by Crippen LogP contribution is -2.38. The third-order valence-corrected chi connectivity index (χ3v) is 2.55. The molecular formula is C12H14F3N3O2. The highest BCUT2D eigenvalue weighted by atomic mass is 19.4. The summed E-state index contributed by atoms with van der Waals surface area (Å²) in [4.78, 5) is 12.7. The van der Waals surface area contributed by atoms with Crippen molar-refractivity contribution in [3.8, 4) is 0 Å². The first kappa shape index (κ1) is 15.8. The first-order chi connectivity index (χ1) is 9.28. The van der Waals surface area contributed by atoms with Gasteiger partial charge >= 0.3 is 6.18 Å². The largest absolute Gasteiger partial charge is 0.409 e. The summed E-state index contributed by atoms with van der Waals surface area (Å²) >= 11 is 0. The molecule has 0 spiro atoms. The van der Waals surface area contributed by atoms with Crippen LogP contribution in [0.5, 0.6) is 0 Å². The Morgan fingerprint density at radius 3 is 2.50 bits per heavy atom. The van der Waals surface area contributed by atoms with Gasteiger partial charge < -0.3 is 15.8 Å². The summed E-state index contributed by atoms with van der Waals surface area (Å²) in [6, 6.07) is 5.57. The Hall–Kier alpha value is -2.25. The Morgan fingerprint density at radius 2 is 2.00 bits per heavy atom. The van der Waals surface area contributed by atoms with E-state index >= 15 is 0 Å². The van der Waals surface area contributed by atoms with Crippen molar-refractivity contribution >= 4 is 11.7 Å². The summed E-state index contributed by atoms with van der Waals surface area (Å²) in [6.45, 7) is 0.0549. The predicted octanol–water partition coefficient (Wildman–Crippen LogP) is 1.81. The Morgan fingerprint density at radius 1 is 1.40 bits per heavy atom. The monoisotopic (exact) mass is 289 g/mol. The van der Waals surface area contributed by atoms with Crippen LogP contribution in [0.3, 0.4) is 0 Å². The lowest BCUT2D eigenvalue weighted by molar-refractivity contribution is -0.140. The van der Waals surface area contributed by atoms with E-state index in [2.05, 4.69) is 5.16 Å². The van der Waals surface area contributed by atoms with E-state index in [0.717, 1.165) is 0 Å². The second-order valence-corrected chi connectivity index (χ2v) is 4.00. The second kappa shape index (κ2) is 6.27. The SMILES string of the molecule is CCN(CC(F)(F)F)C(=O)c1cccc(C(N)=NO)c1. The van der Waals surface area contributed by atoms with E-state index in [9.17, 15) is 18.0 Å². The number of carbonyl (C=O) groups excluding carboxylic acids is 1. The molecule has 1 aromatic carbocycles. The van der Waals surface area contributed by atoms with Crippen LogP contribution in [0.15, 0.2) is 29.4 Å². The molecular weight excluding hydrogens is 275 g/mol. The zero-order valence-corrected chi connectivity index (χ0v) is 10.7. The normalized spacial score (nSPS) is 12.3. The average Bonchev–Trinajstić information content (AvgIpc) is 2.42. The molecule has 0 aliphatic heterocycles. The van der Waals surface area contributed by atoms with Crippen molar-refractivity contribution in [2.75, 3.05) is 13.1 Å². The minimum atomic E-state index is -4.46. The van der Waals surface area contributed by atoms with Crippen molar-refractivity contribution in [3.63, 3.8) is 0 Å². The molecule has 1 amide bonds. The molecule has 20 heavy (non-hydrogen) atoms. The number of nitrogens with two attached hydrogens (primary N) is 1. The molecule has 0 unspecified atom stereocenters. The highest BCUT2D eigenvalue weighted by Gasteiger charge is 2.32. The molecule has 0 heterocycles. The molecule has 0 aliphatic rings.